The van der Waals surface area contributed by atoms with Crippen molar-refractivity contribution in [2.45, 2.75) is 10.9 Å². The zero-order valence-electron chi connectivity index (χ0n) is 13.6. The van der Waals surface area contributed by atoms with Crippen LogP contribution in [-0.2, 0) is 5.75 Å². The molecule has 0 aliphatic carbocycles. The molecule has 0 spiro atoms. The third kappa shape index (κ3) is 3.80. The first-order chi connectivity index (χ1) is 11.7. The quantitative estimate of drug-likeness (QED) is 0.627. The van der Waals surface area contributed by atoms with Gasteiger partial charge in [0.25, 0.3) is 5.95 Å². The van der Waals surface area contributed by atoms with E-state index in [4.69, 9.17) is 4.74 Å². The minimum atomic E-state index is 0.234. The minimum absolute atomic E-state index is 0.234. The summed E-state index contributed by atoms with van der Waals surface area (Å²) >= 11 is 1.55. The van der Waals surface area contributed by atoms with Crippen LogP contribution in [0.3, 0.4) is 0 Å². The van der Waals surface area contributed by atoms with Crippen LogP contribution in [0.4, 0.5) is 5.95 Å². The van der Waals surface area contributed by atoms with Gasteiger partial charge < -0.3 is 9.64 Å². The molecule has 24 heavy (non-hydrogen) atoms. The Kier molecular flexibility index (Phi) is 4.90. The van der Waals surface area contributed by atoms with Gasteiger partial charge in [-0.1, -0.05) is 42.1 Å². The monoisotopic (exact) mass is 343 g/mol. The number of nitrogens with zero attached hydrogens (tertiary/aromatic N) is 7. The summed E-state index contributed by atoms with van der Waals surface area (Å²) in [6, 6.07) is 10.4. The molecule has 0 N–H and O–H groups in total. The fraction of sp³-hybridized carbons (Fsp3) is 0.267. The van der Waals surface area contributed by atoms with Crippen molar-refractivity contribution in [2.24, 2.45) is 0 Å². The van der Waals surface area contributed by atoms with Gasteiger partial charge in [-0.25, -0.2) is 4.98 Å². The molecule has 0 radical (unpaired) electrons. The predicted octanol–water partition coefficient (Wildman–Crippen LogP) is 1.82. The van der Waals surface area contributed by atoms with E-state index in [-0.39, 0.29) is 6.01 Å². The van der Waals surface area contributed by atoms with Gasteiger partial charge in [0.05, 0.1) is 7.11 Å². The Labute approximate surface area is 143 Å². The maximum absolute atomic E-state index is 5.12. The van der Waals surface area contributed by atoms with Crippen molar-refractivity contribution in [3.8, 4) is 12.0 Å². The molecule has 2 aromatic heterocycles. The Morgan fingerprint density at radius 3 is 2.62 bits per heavy atom. The third-order valence-electron chi connectivity index (χ3n) is 3.06. The maximum Gasteiger partial charge on any atom is 0.322 e. The van der Waals surface area contributed by atoms with Crippen molar-refractivity contribution in [1.82, 2.24) is 29.7 Å². The Balaban J connectivity index is 1.78. The largest absolute Gasteiger partial charge is 0.467 e. The molecule has 3 rings (SSSR count). The van der Waals surface area contributed by atoms with Gasteiger partial charge >= 0.3 is 6.01 Å². The summed E-state index contributed by atoms with van der Waals surface area (Å²) in [6.07, 6.45) is 1.58. The SMILES string of the molecule is COc1nc(N(C)C)nc(-n2cnc(SCc3ccccc3)n2)n1. The lowest BCUT2D eigenvalue weighted by Crippen LogP contribution is -2.16. The van der Waals surface area contributed by atoms with Crippen molar-refractivity contribution < 1.29 is 4.74 Å². The second-order valence-electron chi connectivity index (χ2n) is 5.06. The molecule has 0 fully saturated rings. The van der Waals surface area contributed by atoms with Crippen LogP contribution in [0, 0.1) is 0 Å². The van der Waals surface area contributed by atoms with Crippen LogP contribution in [0.1, 0.15) is 5.56 Å². The summed E-state index contributed by atoms with van der Waals surface area (Å²) in [7, 11) is 5.21. The number of rotatable bonds is 6. The van der Waals surface area contributed by atoms with Crippen LogP contribution in [0.5, 0.6) is 6.01 Å². The summed E-state index contributed by atoms with van der Waals surface area (Å²) in [5, 5.41) is 5.07. The third-order valence-corrected chi connectivity index (χ3v) is 3.98. The number of ether oxygens (including phenoxy) is 1. The van der Waals surface area contributed by atoms with Crippen LogP contribution >= 0.6 is 11.8 Å². The minimum Gasteiger partial charge on any atom is -0.467 e. The molecule has 0 unspecified atom stereocenters. The first kappa shape index (κ1) is 16.2. The topological polar surface area (TPSA) is 81.9 Å². The molecular formula is C15H17N7OS. The molecule has 0 amide bonds. The van der Waals surface area contributed by atoms with Crippen LogP contribution in [-0.4, -0.2) is 50.9 Å². The van der Waals surface area contributed by atoms with Crippen molar-refractivity contribution >= 4 is 17.7 Å². The highest BCUT2D eigenvalue weighted by Crippen LogP contribution is 2.19. The molecule has 0 saturated heterocycles. The zero-order valence-corrected chi connectivity index (χ0v) is 14.4. The van der Waals surface area contributed by atoms with E-state index in [9.17, 15) is 0 Å². The first-order valence-electron chi connectivity index (χ1n) is 7.22. The molecule has 0 aliphatic heterocycles. The van der Waals surface area contributed by atoms with E-state index in [1.54, 1.807) is 23.0 Å². The van der Waals surface area contributed by atoms with Crippen molar-refractivity contribution in [1.29, 1.82) is 0 Å². The Bertz CT molecular complexity index is 807. The molecule has 1 aromatic carbocycles. The highest BCUT2D eigenvalue weighted by atomic mass is 32.2. The van der Waals surface area contributed by atoms with Gasteiger partial charge in [-0.2, -0.15) is 19.6 Å². The van der Waals surface area contributed by atoms with E-state index in [2.05, 4.69) is 37.2 Å². The Morgan fingerprint density at radius 2 is 1.92 bits per heavy atom. The van der Waals surface area contributed by atoms with Crippen molar-refractivity contribution in [3.05, 3.63) is 42.2 Å². The molecular weight excluding hydrogens is 326 g/mol. The number of hydrogen-bond acceptors (Lipinski definition) is 8. The van der Waals surface area contributed by atoms with Crippen LogP contribution in [0.25, 0.3) is 5.95 Å². The maximum atomic E-state index is 5.12. The van der Waals surface area contributed by atoms with Gasteiger partial charge in [0.1, 0.15) is 6.33 Å². The average molecular weight is 343 g/mol. The standard InChI is InChI=1S/C15H17N7OS/c1-21(2)12-17-13(19-14(18-12)23-3)22-10-16-15(20-22)24-9-11-7-5-4-6-8-11/h4-8,10H,9H2,1-3H3. The normalized spacial score (nSPS) is 10.6. The molecule has 2 heterocycles. The van der Waals surface area contributed by atoms with Gasteiger partial charge in [0.2, 0.25) is 11.1 Å². The molecule has 0 bridgehead atoms. The summed E-state index contributed by atoms with van der Waals surface area (Å²) in [5.74, 6) is 1.66. The number of hydrogen-bond donors (Lipinski definition) is 0. The second kappa shape index (κ2) is 7.26. The van der Waals surface area contributed by atoms with Crippen molar-refractivity contribution in [2.75, 3.05) is 26.1 Å². The Morgan fingerprint density at radius 1 is 1.12 bits per heavy atom. The molecule has 124 valence electrons. The van der Waals surface area contributed by atoms with Gasteiger partial charge in [0, 0.05) is 19.8 Å². The second-order valence-corrected chi connectivity index (χ2v) is 6.01. The molecule has 0 aliphatic rings. The lowest BCUT2D eigenvalue weighted by molar-refractivity contribution is 0.377. The van der Waals surface area contributed by atoms with E-state index in [1.165, 1.54) is 17.4 Å². The lowest BCUT2D eigenvalue weighted by Gasteiger charge is -2.11. The highest BCUT2D eigenvalue weighted by Gasteiger charge is 2.12. The van der Waals surface area contributed by atoms with E-state index in [0.29, 0.717) is 17.1 Å². The molecule has 0 atom stereocenters. The van der Waals surface area contributed by atoms with Crippen LogP contribution in [0.2, 0.25) is 0 Å². The van der Waals surface area contributed by atoms with Gasteiger partial charge in [0.15, 0.2) is 0 Å². The highest BCUT2D eigenvalue weighted by molar-refractivity contribution is 7.98. The van der Waals surface area contributed by atoms with E-state index in [1.807, 2.05) is 32.3 Å². The van der Waals surface area contributed by atoms with Crippen LogP contribution in [0.15, 0.2) is 41.8 Å². The van der Waals surface area contributed by atoms with E-state index in [0.717, 1.165) is 5.75 Å². The summed E-state index contributed by atoms with van der Waals surface area (Å²) < 4.78 is 6.64. The predicted molar refractivity (Wildman–Crippen MR) is 91.6 cm³/mol. The number of methoxy groups -OCH3 is 1. The smallest absolute Gasteiger partial charge is 0.322 e. The Hall–Kier alpha value is -2.68. The van der Waals surface area contributed by atoms with Gasteiger partial charge in [-0.3, -0.25) is 0 Å². The molecule has 0 saturated carbocycles. The van der Waals surface area contributed by atoms with Crippen molar-refractivity contribution in [3.63, 3.8) is 0 Å². The number of benzene rings is 1. The number of anilines is 1. The van der Waals surface area contributed by atoms with E-state index >= 15 is 0 Å². The summed E-state index contributed by atoms with van der Waals surface area (Å²) in [6.45, 7) is 0. The average Bonchev–Trinajstić information content (AvgIpc) is 3.09. The van der Waals surface area contributed by atoms with Crippen LogP contribution < -0.4 is 9.64 Å². The first-order valence-corrected chi connectivity index (χ1v) is 8.20. The fourth-order valence-electron chi connectivity index (χ4n) is 1.86. The van der Waals surface area contributed by atoms with Gasteiger partial charge in [-0.05, 0) is 5.56 Å². The molecule has 3 aromatic rings. The van der Waals surface area contributed by atoms with E-state index < -0.39 is 0 Å². The number of aromatic nitrogens is 6. The fourth-order valence-corrected chi connectivity index (χ4v) is 2.62. The van der Waals surface area contributed by atoms with Gasteiger partial charge in [-0.15, -0.1) is 5.10 Å². The summed E-state index contributed by atoms with van der Waals surface area (Å²) in [5.41, 5.74) is 1.22. The zero-order chi connectivity index (χ0) is 16.9. The molecule has 9 heteroatoms. The number of thioether (sulfide) groups is 1. The lowest BCUT2D eigenvalue weighted by atomic mass is 10.2. The summed E-state index contributed by atoms with van der Waals surface area (Å²) in [4.78, 5) is 18.8. The molecule has 8 nitrogen and oxygen atoms in total.